The summed E-state index contributed by atoms with van der Waals surface area (Å²) < 4.78 is 0. The number of hydrogen-bond acceptors (Lipinski definition) is 0. The molecule has 2 saturated carbocycles. The second-order valence-corrected chi connectivity index (χ2v) is 12.7. The van der Waals surface area contributed by atoms with Crippen molar-refractivity contribution in [3.05, 3.63) is 14.9 Å². The first-order chi connectivity index (χ1) is 14.3. The summed E-state index contributed by atoms with van der Waals surface area (Å²) in [6.07, 6.45) is 24.2. The van der Waals surface area contributed by atoms with Crippen LogP contribution in [0.25, 0.3) is 0 Å². The first-order valence-corrected chi connectivity index (χ1v) is 17.2. The summed E-state index contributed by atoms with van der Waals surface area (Å²) in [5, 5.41) is 0. The third kappa shape index (κ3) is 19.6. The third-order valence-corrected chi connectivity index (χ3v) is 7.88. The fourth-order valence-corrected chi connectivity index (χ4v) is 6.02. The zero-order chi connectivity index (χ0) is 20.6. The molecule has 0 aromatic carbocycles. The predicted octanol–water partition coefficient (Wildman–Crippen LogP) is -0.444. The Morgan fingerprint density at radius 3 is 1.06 bits per heavy atom. The van der Waals surface area contributed by atoms with Crippen molar-refractivity contribution in [2.75, 3.05) is 39.3 Å². The first-order valence-electron chi connectivity index (χ1n) is 12.9. The minimum atomic E-state index is -0.556. The minimum absolute atomic E-state index is 0. The van der Waals surface area contributed by atoms with Gasteiger partial charge in [-0.2, -0.15) is 0 Å². The van der Waals surface area contributed by atoms with Crippen molar-refractivity contribution in [2.24, 2.45) is 11.8 Å². The molecule has 2 N–H and O–H groups in total. The van der Waals surface area contributed by atoms with Crippen LogP contribution in [-0.4, -0.2) is 39.3 Å². The molecule has 2 aliphatic carbocycles. The number of likely N-dealkylation sites (tertiary alicyclic amines) is 2. The van der Waals surface area contributed by atoms with Gasteiger partial charge in [-0.05, 0) is 63.2 Å². The van der Waals surface area contributed by atoms with Gasteiger partial charge in [-0.1, -0.05) is 51.4 Å². The van der Waals surface area contributed by atoms with Crippen LogP contribution in [0.3, 0.4) is 0 Å². The van der Waals surface area contributed by atoms with Gasteiger partial charge >= 0.3 is 35.6 Å². The molecule has 0 atom stereocenters. The van der Waals surface area contributed by atoms with Crippen LogP contribution in [0.2, 0.25) is 0 Å². The molecule has 2 nitrogen and oxygen atoms in total. The van der Waals surface area contributed by atoms with Gasteiger partial charge in [0, 0.05) is 0 Å². The van der Waals surface area contributed by atoms with E-state index in [4.69, 9.17) is 18.6 Å². The molecule has 4 fully saturated rings. The van der Waals surface area contributed by atoms with Crippen LogP contribution in [-0.2, 0) is 17.0 Å². The van der Waals surface area contributed by atoms with Crippen molar-refractivity contribution in [2.45, 2.75) is 103 Å². The quantitative estimate of drug-likeness (QED) is 0.310. The van der Waals surface area contributed by atoms with Gasteiger partial charge in [-0.3, -0.25) is 0 Å². The molecule has 0 spiro atoms. The topological polar surface area (TPSA) is 8.88 Å². The number of rotatable bonds is 6. The summed E-state index contributed by atoms with van der Waals surface area (Å²) in [6, 6.07) is 0. The van der Waals surface area contributed by atoms with Gasteiger partial charge in [0.1, 0.15) is 0 Å². The second-order valence-electron chi connectivity index (χ2n) is 10.1. The van der Waals surface area contributed by atoms with Gasteiger partial charge in [0.2, 0.25) is 0 Å². The maximum absolute atomic E-state index is 4.89. The van der Waals surface area contributed by atoms with Crippen LogP contribution >= 0.6 is 18.6 Å². The van der Waals surface area contributed by atoms with Crippen molar-refractivity contribution >= 4 is 18.6 Å². The molecule has 0 unspecified atom stereocenters. The molecule has 0 amide bonds. The van der Waals surface area contributed by atoms with Gasteiger partial charge in [0.15, 0.2) is 0 Å². The van der Waals surface area contributed by atoms with Crippen molar-refractivity contribution in [1.29, 1.82) is 0 Å². The van der Waals surface area contributed by atoms with E-state index in [-0.39, 0.29) is 39.7 Å². The monoisotopic (exact) mass is 582 g/mol. The van der Waals surface area contributed by atoms with Gasteiger partial charge in [0.25, 0.3) is 0 Å². The van der Waals surface area contributed by atoms with Crippen molar-refractivity contribution in [1.82, 2.24) is 0 Å². The summed E-state index contributed by atoms with van der Waals surface area (Å²) in [5.74, 6) is 2.21. The Bertz CT molecular complexity index is 335. The van der Waals surface area contributed by atoms with E-state index >= 15 is 0 Å². The molecule has 0 bridgehead atoms. The summed E-state index contributed by atoms with van der Waals surface area (Å²) in [4.78, 5) is 3.80. The van der Waals surface area contributed by atoms with E-state index in [0.717, 1.165) is 11.8 Å². The van der Waals surface area contributed by atoms with E-state index in [2.05, 4.69) is 0 Å². The molecule has 4 rings (SSSR count). The standard InChI is InChI=1S/2C12H23N.2CH3.4ClH.Ti/c2*1-4-9-13(10-5-1)11-8-12-6-2-3-7-12;;;;;;;/h2*12H,1-11H2;2*1H3;4*1H;/q;;2*-1;;;;;+2/p-2. The Kier molecular flexibility index (Phi) is 32.0. The van der Waals surface area contributed by atoms with E-state index < -0.39 is 17.0 Å². The second kappa shape index (κ2) is 26.8. The first kappa shape index (κ1) is 39.3. The fraction of sp³-hybridized carbons (Fsp3) is 0.923. The molecule has 0 aromatic rings. The molecule has 0 radical (unpaired) electrons. The maximum atomic E-state index is 4.89. The molecule has 2 saturated heterocycles. The molecule has 4 aliphatic rings. The summed E-state index contributed by atoms with van der Waals surface area (Å²) in [7, 11) is 9.78. The Morgan fingerprint density at radius 1 is 0.515 bits per heavy atom. The molecule has 202 valence electrons. The summed E-state index contributed by atoms with van der Waals surface area (Å²) >= 11 is -0.556. The van der Waals surface area contributed by atoms with E-state index in [9.17, 15) is 0 Å². The molecule has 2 heterocycles. The van der Waals surface area contributed by atoms with Crippen molar-refractivity contribution < 1.29 is 51.6 Å². The van der Waals surface area contributed by atoms with E-state index in [0.29, 0.717) is 0 Å². The van der Waals surface area contributed by atoms with Crippen molar-refractivity contribution in [3.63, 3.8) is 0 Å². The van der Waals surface area contributed by atoms with Crippen molar-refractivity contribution in [3.8, 4) is 0 Å². The zero-order valence-corrected chi connectivity index (χ0v) is 26.3. The normalized spacial score (nSPS) is 21.5. The number of halogens is 4. The molecule has 0 aromatic heterocycles. The third-order valence-electron chi connectivity index (χ3n) is 7.88. The average Bonchev–Trinajstić information content (AvgIpc) is 3.48. The molecule has 7 heteroatoms. The van der Waals surface area contributed by atoms with Crippen LogP contribution in [0.1, 0.15) is 103 Å². The van der Waals surface area contributed by atoms with Crippen LogP contribution in [0, 0.1) is 26.7 Å². The zero-order valence-electron chi connectivity index (χ0n) is 21.7. The van der Waals surface area contributed by atoms with Crippen LogP contribution in [0.4, 0.5) is 0 Å². The average molecular weight is 584 g/mol. The van der Waals surface area contributed by atoms with Crippen LogP contribution in [0.15, 0.2) is 0 Å². The van der Waals surface area contributed by atoms with E-state index in [1.807, 2.05) is 9.80 Å². The molecular weight excluding hydrogens is 530 g/mol. The predicted molar refractivity (Wildman–Crippen MR) is 137 cm³/mol. The van der Waals surface area contributed by atoms with E-state index in [1.54, 1.807) is 0 Å². The fourth-order valence-electron chi connectivity index (χ4n) is 6.02. The molecule has 33 heavy (non-hydrogen) atoms. The Hall–Kier alpha value is 1.79. The van der Waals surface area contributed by atoms with Crippen LogP contribution < -0.4 is 34.6 Å². The Morgan fingerprint density at radius 2 is 0.788 bits per heavy atom. The summed E-state index contributed by atoms with van der Waals surface area (Å²) in [6.45, 7) is 8.81. The van der Waals surface area contributed by atoms with Gasteiger partial charge in [0.05, 0.1) is 39.3 Å². The van der Waals surface area contributed by atoms with Gasteiger partial charge in [-0.15, -0.1) is 0 Å². The SMILES string of the molecule is C1CC[NH+](CCC2CCCC2)CC1.C1CC[NH+](CCC2CCCC2)CC1.[CH3-].[CH3-].[Cl-].[Cl-].[Cl][Ti][Cl]. The Labute approximate surface area is 237 Å². The molecule has 2 aliphatic heterocycles. The number of quaternary nitrogens is 2. The molecular formula is C26H54Cl4N2Ti-2. The number of hydrogen-bond donors (Lipinski definition) is 2. The number of nitrogens with one attached hydrogen (secondary N) is 2. The Balaban J connectivity index is -0.000000440. The van der Waals surface area contributed by atoms with Crippen LogP contribution in [0.5, 0.6) is 0 Å². The van der Waals surface area contributed by atoms with E-state index in [1.165, 1.54) is 142 Å². The van der Waals surface area contributed by atoms with Gasteiger partial charge in [-0.25, -0.2) is 0 Å². The number of piperidine rings is 2. The van der Waals surface area contributed by atoms with Gasteiger partial charge < -0.3 is 49.5 Å². The summed E-state index contributed by atoms with van der Waals surface area (Å²) in [5.41, 5.74) is 0.